The number of hydrogen-bond acceptors (Lipinski definition) is 3. The molecular weight excluding hydrogens is 266 g/mol. The summed E-state index contributed by atoms with van der Waals surface area (Å²) in [4.78, 5) is 25.5. The Morgan fingerprint density at radius 1 is 1.29 bits per heavy atom. The number of benzene rings is 1. The zero-order valence-corrected chi connectivity index (χ0v) is 12.8. The fourth-order valence-corrected chi connectivity index (χ4v) is 3.02. The summed E-state index contributed by atoms with van der Waals surface area (Å²) >= 11 is 0. The van der Waals surface area contributed by atoms with Gasteiger partial charge in [-0.15, -0.1) is 0 Å². The van der Waals surface area contributed by atoms with E-state index in [1.165, 1.54) is 18.2 Å². The van der Waals surface area contributed by atoms with Gasteiger partial charge in [-0.05, 0) is 30.4 Å². The van der Waals surface area contributed by atoms with Gasteiger partial charge < -0.3 is 9.64 Å². The predicted molar refractivity (Wildman–Crippen MR) is 80.8 cm³/mol. The van der Waals surface area contributed by atoms with Gasteiger partial charge in [0.05, 0.1) is 13.2 Å². The molecule has 4 nitrogen and oxygen atoms in total. The van der Waals surface area contributed by atoms with Crippen LogP contribution < -0.4 is 0 Å². The lowest BCUT2D eigenvalue weighted by molar-refractivity contribution is -0.141. The molecule has 1 atom stereocenters. The number of carbonyl (C=O) groups is 2. The first-order valence-electron chi connectivity index (χ1n) is 7.61. The van der Waals surface area contributed by atoms with Gasteiger partial charge in [0.25, 0.3) is 0 Å². The number of ether oxygens (including phenoxy) is 1. The Bertz CT molecular complexity index is 513. The fraction of sp³-hybridized carbons (Fsp3) is 0.529. The Balaban J connectivity index is 2.00. The average molecular weight is 289 g/mol. The summed E-state index contributed by atoms with van der Waals surface area (Å²) in [5, 5.41) is 0. The molecule has 0 aromatic heterocycles. The molecule has 0 saturated carbocycles. The van der Waals surface area contributed by atoms with Crippen LogP contribution in [-0.4, -0.2) is 30.4 Å². The van der Waals surface area contributed by atoms with Crippen molar-refractivity contribution >= 4 is 11.9 Å². The van der Waals surface area contributed by atoms with Crippen LogP contribution in [0, 0.1) is 0 Å². The molecule has 0 fully saturated rings. The van der Waals surface area contributed by atoms with Crippen LogP contribution in [0.15, 0.2) is 24.3 Å². The molecule has 0 spiro atoms. The zero-order chi connectivity index (χ0) is 15.2. The van der Waals surface area contributed by atoms with E-state index in [-0.39, 0.29) is 17.9 Å². The van der Waals surface area contributed by atoms with Gasteiger partial charge >= 0.3 is 5.97 Å². The lowest BCUT2D eigenvalue weighted by Crippen LogP contribution is -2.39. The molecule has 0 radical (unpaired) electrons. The highest BCUT2D eigenvalue weighted by atomic mass is 16.5. The van der Waals surface area contributed by atoms with Crippen molar-refractivity contribution < 1.29 is 14.3 Å². The molecule has 0 bridgehead atoms. The molecule has 0 saturated heterocycles. The monoisotopic (exact) mass is 289 g/mol. The van der Waals surface area contributed by atoms with Crippen LogP contribution in [0.1, 0.15) is 49.8 Å². The average Bonchev–Trinajstić information content (AvgIpc) is 2.53. The van der Waals surface area contributed by atoms with Gasteiger partial charge in [-0.2, -0.15) is 0 Å². The van der Waals surface area contributed by atoms with Gasteiger partial charge in [-0.3, -0.25) is 9.59 Å². The third-order valence-corrected chi connectivity index (χ3v) is 4.12. The van der Waals surface area contributed by atoms with Crippen molar-refractivity contribution in [3.8, 4) is 0 Å². The summed E-state index contributed by atoms with van der Waals surface area (Å²) in [5.74, 6) is -0.112. The van der Waals surface area contributed by atoms with Gasteiger partial charge in [-0.1, -0.05) is 31.2 Å². The SMILES string of the molecule is CC[C@H]1c2ccccc2CCN1C(=O)CCCC(=O)OC. The summed E-state index contributed by atoms with van der Waals surface area (Å²) in [6.07, 6.45) is 3.10. The number of nitrogens with zero attached hydrogens (tertiary/aromatic N) is 1. The number of methoxy groups -OCH3 is 1. The molecule has 21 heavy (non-hydrogen) atoms. The first kappa shape index (κ1) is 15.5. The van der Waals surface area contributed by atoms with Crippen LogP contribution in [0.25, 0.3) is 0 Å². The van der Waals surface area contributed by atoms with E-state index in [9.17, 15) is 9.59 Å². The Labute approximate surface area is 126 Å². The number of esters is 1. The van der Waals surface area contributed by atoms with Crippen LogP contribution in [0.5, 0.6) is 0 Å². The molecular formula is C17H23NO3. The summed E-state index contributed by atoms with van der Waals surface area (Å²) in [6.45, 7) is 2.88. The molecule has 0 aliphatic carbocycles. The van der Waals surface area contributed by atoms with Gasteiger partial charge in [0, 0.05) is 19.4 Å². The minimum Gasteiger partial charge on any atom is -0.469 e. The first-order valence-corrected chi connectivity index (χ1v) is 7.61. The standard InChI is InChI=1S/C17H23NO3/c1-3-15-14-8-5-4-7-13(14)11-12-18(15)16(19)9-6-10-17(20)21-2/h4-5,7-8,15H,3,6,9-12H2,1-2H3/t15-/m0/s1. The second-order valence-corrected chi connectivity index (χ2v) is 5.39. The Morgan fingerprint density at radius 3 is 2.76 bits per heavy atom. The van der Waals surface area contributed by atoms with Crippen LogP contribution in [0.2, 0.25) is 0 Å². The predicted octanol–water partition coefficient (Wildman–Crippen LogP) is 2.87. The number of fused-ring (bicyclic) bond motifs is 1. The van der Waals surface area contributed by atoms with Crippen LogP contribution in [-0.2, 0) is 20.7 Å². The van der Waals surface area contributed by atoms with E-state index in [0.717, 1.165) is 19.4 Å². The van der Waals surface area contributed by atoms with Gasteiger partial charge in [0.1, 0.15) is 0 Å². The molecule has 1 aromatic carbocycles. The number of carbonyl (C=O) groups excluding carboxylic acids is 2. The second kappa shape index (κ2) is 7.25. The third-order valence-electron chi connectivity index (χ3n) is 4.12. The summed E-state index contributed by atoms with van der Waals surface area (Å²) in [5.41, 5.74) is 2.62. The second-order valence-electron chi connectivity index (χ2n) is 5.39. The largest absolute Gasteiger partial charge is 0.469 e. The number of hydrogen-bond donors (Lipinski definition) is 0. The molecule has 1 amide bonds. The minimum absolute atomic E-state index is 0.139. The van der Waals surface area contributed by atoms with Crippen LogP contribution >= 0.6 is 0 Å². The van der Waals surface area contributed by atoms with E-state index in [4.69, 9.17) is 0 Å². The molecule has 1 aliphatic rings. The lowest BCUT2D eigenvalue weighted by atomic mass is 9.91. The van der Waals surface area contributed by atoms with Gasteiger partial charge in [-0.25, -0.2) is 0 Å². The highest BCUT2D eigenvalue weighted by Gasteiger charge is 2.28. The van der Waals surface area contributed by atoms with E-state index < -0.39 is 0 Å². The van der Waals surface area contributed by atoms with Crippen molar-refractivity contribution in [1.29, 1.82) is 0 Å². The normalized spacial score (nSPS) is 17.2. The topological polar surface area (TPSA) is 46.6 Å². The van der Waals surface area contributed by atoms with E-state index >= 15 is 0 Å². The molecule has 4 heteroatoms. The summed E-state index contributed by atoms with van der Waals surface area (Å²) < 4.78 is 4.60. The van der Waals surface area contributed by atoms with Gasteiger partial charge in [0.2, 0.25) is 5.91 Å². The van der Waals surface area contributed by atoms with Gasteiger partial charge in [0.15, 0.2) is 0 Å². The Kier molecular flexibility index (Phi) is 5.37. The first-order chi connectivity index (χ1) is 10.2. The Morgan fingerprint density at radius 2 is 2.05 bits per heavy atom. The van der Waals surface area contributed by atoms with E-state index in [1.807, 2.05) is 11.0 Å². The summed E-state index contributed by atoms with van der Waals surface area (Å²) in [7, 11) is 1.37. The minimum atomic E-state index is -0.251. The van der Waals surface area contributed by atoms with Crippen LogP contribution in [0.3, 0.4) is 0 Å². The quantitative estimate of drug-likeness (QED) is 0.783. The van der Waals surface area contributed by atoms with E-state index in [0.29, 0.717) is 19.3 Å². The smallest absolute Gasteiger partial charge is 0.305 e. The zero-order valence-electron chi connectivity index (χ0n) is 12.8. The van der Waals surface area contributed by atoms with Crippen molar-refractivity contribution in [1.82, 2.24) is 4.90 Å². The number of rotatable bonds is 5. The van der Waals surface area contributed by atoms with Crippen molar-refractivity contribution in [2.24, 2.45) is 0 Å². The third kappa shape index (κ3) is 3.63. The van der Waals surface area contributed by atoms with E-state index in [1.54, 1.807) is 0 Å². The molecule has 114 valence electrons. The van der Waals surface area contributed by atoms with Crippen molar-refractivity contribution in [2.75, 3.05) is 13.7 Å². The van der Waals surface area contributed by atoms with Crippen molar-refractivity contribution in [3.63, 3.8) is 0 Å². The molecule has 1 aromatic rings. The lowest BCUT2D eigenvalue weighted by Gasteiger charge is -2.37. The molecule has 1 aliphatic heterocycles. The molecule has 1 heterocycles. The molecule has 0 unspecified atom stereocenters. The fourth-order valence-electron chi connectivity index (χ4n) is 3.02. The highest BCUT2D eigenvalue weighted by molar-refractivity contribution is 5.78. The Hall–Kier alpha value is -1.84. The maximum absolute atomic E-state index is 12.4. The van der Waals surface area contributed by atoms with Crippen molar-refractivity contribution in [2.45, 2.75) is 45.1 Å². The number of amides is 1. The summed E-state index contributed by atoms with van der Waals surface area (Å²) in [6, 6.07) is 8.53. The van der Waals surface area contributed by atoms with E-state index in [2.05, 4.69) is 29.9 Å². The maximum Gasteiger partial charge on any atom is 0.305 e. The molecule has 2 rings (SSSR count). The highest BCUT2D eigenvalue weighted by Crippen LogP contribution is 2.32. The van der Waals surface area contributed by atoms with Crippen molar-refractivity contribution in [3.05, 3.63) is 35.4 Å². The maximum atomic E-state index is 12.4. The van der Waals surface area contributed by atoms with Crippen LogP contribution in [0.4, 0.5) is 0 Å². The molecule has 0 N–H and O–H groups in total.